The van der Waals surface area contributed by atoms with Gasteiger partial charge in [-0.2, -0.15) is 4.98 Å². The van der Waals surface area contributed by atoms with Gasteiger partial charge in [-0.25, -0.2) is 9.98 Å². The van der Waals surface area contributed by atoms with Crippen LogP contribution in [-0.2, 0) is 19.0 Å². The largest absolute Gasteiger partial charge is 0.485 e. The standard InChI is InChI=1S/C36H48N4O7/c1-25(2)13-15-47-36(4,5)22-33(41)37-14-16-43-17-18-44-19-20-45-35-38-23-29(34(40-35)42-6)27-8-10-28(11-9-27)31-24-46-32-12-7-26(3)21-30(32)39-31/h7-12,21,23,25H,13-20,22,24H2,1-6H3,(H,37,41). The molecule has 11 heteroatoms. The average molecular weight is 649 g/mol. The number of carbonyl (C=O) groups is 1. The minimum Gasteiger partial charge on any atom is -0.485 e. The van der Waals surface area contributed by atoms with Gasteiger partial charge in [0.1, 0.15) is 24.7 Å². The number of carbonyl (C=O) groups excluding carboxylic acids is 1. The van der Waals surface area contributed by atoms with Crippen LogP contribution in [0.4, 0.5) is 5.69 Å². The summed E-state index contributed by atoms with van der Waals surface area (Å²) in [7, 11) is 1.57. The molecule has 254 valence electrons. The number of rotatable bonds is 19. The van der Waals surface area contributed by atoms with Crippen molar-refractivity contribution in [1.82, 2.24) is 15.3 Å². The molecule has 0 bridgehead atoms. The number of benzene rings is 2. The lowest BCUT2D eigenvalue weighted by Crippen LogP contribution is -2.36. The summed E-state index contributed by atoms with van der Waals surface area (Å²) in [4.78, 5) is 25.8. The maximum atomic E-state index is 12.2. The first-order valence-electron chi connectivity index (χ1n) is 16.2. The maximum absolute atomic E-state index is 12.2. The van der Waals surface area contributed by atoms with Gasteiger partial charge in [-0.15, -0.1) is 0 Å². The van der Waals surface area contributed by atoms with Crippen LogP contribution >= 0.6 is 0 Å². The number of amides is 1. The first-order chi connectivity index (χ1) is 22.6. The molecule has 0 spiro atoms. The van der Waals surface area contributed by atoms with Crippen molar-refractivity contribution >= 4 is 17.3 Å². The van der Waals surface area contributed by atoms with Crippen molar-refractivity contribution in [2.75, 3.05) is 59.9 Å². The van der Waals surface area contributed by atoms with Gasteiger partial charge in [-0.1, -0.05) is 44.2 Å². The van der Waals surface area contributed by atoms with Crippen LogP contribution in [0.15, 0.2) is 53.7 Å². The molecule has 0 fully saturated rings. The highest BCUT2D eigenvalue weighted by atomic mass is 16.5. The van der Waals surface area contributed by atoms with E-state index in [9.17, 15) is 4.79 Å². The predicted molar refractivity (Wildman–Crippen MR) is 181 cm³/mol. The number of nitrogens with zero attached hydrogens (tertiary/aromatic N) is 3. The van der Waals surface area contributed by atoms with E-state index in [-0.39, 0.29) is 18.5 Å². The zero-order chi connectivity index (χ0) is 33.6. The minimum absolute atomic E-state index is 0.0520. The van der Waals surface area contributed by atoms with Crippen LogP contribution in [0.1, 0.15) is 51.7 Å². The quantitative estimate of drug-likeness (QED) is 0.162. The lowest BCUT2D eigenvalue weighted by Gasteiger charge is -2.25. The second-order valence-corrected chi connectivity index (χ2v) is 12.4. The van der Waals surface area contributed by atoms with Crippen molar-refractivity contribution in [3.63, 3.8) is 0 Å². The van der Waals surface area contributed by atoms with Gasteiger partial charge in [0, 0.05) is 19.3 Å². The van der Waals surface area contributed by atoms with Crippen LogP contribution in [0.5, 0.6) is 17.6 Å². The van der Waals surface area contributed by atoms with E-state index >= 15 is 0 Å². The van der Waals surface area contributed by atoms with E-state index in [1.54, 1.807) is 13.3 Å². The maximum Gasteiger partial charge on any atom is 0.319 e. The molecule has 0 saturated heterocycles. The van der Waals surface area contributed by atoms with Gasteiger partial charge < -0.3 is 33.7 Å². The number of methoxy groups -OCH3 is 1. The number of aromatic nitrogens is 2. The van der Waals surface area contributed by atoms with Crippen molar-refractivity contribution in [2.45, 2.75) is 53.1 Å². The van der Waals surface area contributed by atoms with Crippen LogP contribution in [0, 0.1) is 12.8 Å². The molecule has 3 aromatic rings. The Balaban J connectivity index is 1.12. The molecule has 1 aliphatic heterocycles. The number of aliphatic imine (C=N–C) groups is 1. The number of hydrogen-bond acceptors (Lipinski definition) is 10. The van der Waals surface area contributed by atoms with Gasteiger partial charge >= 0.3 is 6.01 Å². The number of ether oxygens (including phenoxy) is 6. The predicted octanol–water partition coefficient (Wildman–Crippen LogP) is 5.73. The zero-order valence-electron chi connectivity index (χ0n) is 28.5. The van der Waals surface area contributed by atoms with Gasteiger partial charge in [0.2, 0.25) is 11.8 Å². The highest BCUT2D eigenvalue weighted by Gasteiger charge is 2.22. The zero-order valence-corrected chi connectivity index (χ0v) is 28.5. The number of fused-ring (bicyclic) bond motifs is 1. The fraction of sp³-hybridized carbons (Fsp3) is 0.500. The van der Waals surface area contributed by atoms with Crippen molar-refractivity contribution in [1.29, 1.82) is 0 Å². The molecule has 4 rings (SSSR count). The molecule has 0 unspecified atom stereocenters. The Kier molecular flexibility index (Phi) is 13.5. The van der Waals surface area contributed by atoms with Crippen molar-refractivity contribution in [3.8, 4) is 28.8 Å². The molecule has 47 heavy (non-hydrogen) atoms. The molecular weight excluding hydrogens is 600 g/mol. The molecule has 1 aliphatic rings. The number of nitrogens with one attached hydrogen (secondary N) is 1. The summed E-state index contributed by atoms with van der Waals surface area (Å²) >= 11 is 0. The second kappa shape index (κ2) is 17.7. The van der Waals surface area contributed by atoms with E-state index in [4.69, 9.17) is 33.4 Å². The Labute approximate surface area is 278 Å². The third-order valence-corrected chi connectivity index (χ3v) is 7.36. The fourth-order valence-electron chi connectivity index (χ4n) is 4.77. The summed E-state index contributed by atoms with van der Waals surface area (Å²) in [6.07, 6.45) is 2.97. The lowest BCUT2D eigenvalue weighted by atomic mass is 10.0. The van der Waals surface area contributed by atoms with Gasteiger partial charge in [0.05, 0.1) is 56.8 Å². The van der Waals surface area contributed by atoms with Crippen molar-refractivity contribution in [2.24, 2.45) is 10.9 Å². The molecule has 0 saturated carbocycles. The SMILES string of the molecule is COc1nc(OCCOCCOCCNC(=O)CC(C)(C)OCCC(C)C)ncc1-c1ccc(C2=Nc3cc(C)ccc3OC2)cc1. The molecular formula is C36H48N4O7. The first kappa shape index (κ1) is 35.8. The van der Waals surface area contributed by atoms with E-state index in [0.29, 0.717) is 64.4 Å². The van der Waals surface area contributed by atoms with Crippen LogP contribution in [0.25, 0.3) is 11.1 Å². The topological polar surface area (TPSA) is 123 Å². The van der Waals surface area contributed by atoms with Crippen molar-refractivity contribution < 1.29 is 33.2 Å². The molecule has 2 aromatic carbocycles. The third kappa shape index (κ3) is 11.6. The average Bonchev–Trinajstić information content (AvgIpc) is 3.04. The van der Waals surface area contributed by atoms with E-state index in [0.717, 1.165) is 45.8 Å². The van der Waals surface area contributed by atoms with Crippen LogP contribution < -0.4 is 19.5 Å². The Bertz CT molecular complexity index is 1470. The monoisotopic (exact) mass is 648 g/mol. The smallest absolute Gasteiger partial charge is 0.319 e. The molecule has 1 aromatic heterocycles. The molecule has 1 N–H and O–H groups in total. The van der Waals surface area contributed by atoms with Gasteiger partial charge in [0.25, 0.3) is 0 Å². The van der Waals surface area contributed by atoms with Gasteiger partial charge in [0.15, 0.2) is 0 Å². The molecule has 1 amide bonds. The Morgan fingerprint density at radius 2 is 1.70 bits per heavy atom. The van der Waals surface area contributed by atoms with Crippen LogP contribution in [0.2, 0.25) is 0 Å². The van der Waals surface area contributed by atoms with Crippen LogP contribution in [0.3, 0.4) is 0 Å². The van der Waals surface area contributed by atoms with E-state index in [2.05, 4.69) is 29.1 Å². The normalized spacial score (nSPS) is 12.7. The Morgan fingerprint density at radius 3 is 2.45 bits per heavy atom. The molecule has 0 radical (unpaired) electrons. The third-order valence-electron chi connectivity index (χ3n) is 7.36. The van der Waals surface area contributed by atoms with Gasteiger partial charge in [-0.05, 0) is 61.9 Å². The van der Waals surface area contributed by atoms with E-state index in [1.165, 1.54) is 0 Å². The summed E-state index contributed by atoms with van der Waals surface area (Å²) in [5.41, 5.74) is 5.00. The summed E-state index contributed by atoms with van der Waals surface area (Å²) in [5, 5.41) is 2.87. The second-order valence-electron chi connectivity index (χ2n) is 12.4. The molecule has 2 heterocycles. The minimum atomic E-state index is -0.491. The van der Waals surface area contributed by atoms with Crippen LogP contribution in [-0.4, -0.2) is 87.1 Å². The van der Waals surface area contributed by atoms with Crippen molar-refractivity contribution in [3.05, 3.63) is 59.8 Å². The highest BCUT2D eigenvalue weighted by molar-refractivity contribution is 6.04. The van der Waals surface area contributed by atoms with E-state index in [1.807, 2.05) is 63.2 Å². The Morgan fingerprint density at radius 1 is 0.979 bits per heavy atom. The first-order valence-corrected chi connectivity index (χ1v) is 16.2. The summed E-state index contributed by atoms with van der Waals surface area (Å²) in [5.74, 6) is 1.73. The van der Waals surface area contributed by atoms with Gasteiger partial charge in [-0.3, -0.25) is 4.79 Å². The Hall–Kier alpha value is -4.06. The highest BCUT2D eigenvalue weighted by Crippen LogP contribution is 2.33. The number of hydrogen-bond donors (Lipinski definition) is 1. The summed E-state index contributed by atoms with van der Waals surface area (Å²) < 4.78 is 34.1. The lowest BCUT2D eigenvalue weighted by molar-refractivity contribution is -0.127. The number of aryl methyl sites for hydroxylation is 1. The summed E-state index contributed by atoms with van der Waals surface area (Å²) in [6, 6.07) is 14.2. The summed E-state index contributed by atoms with van der Waals surface area (Å²) in [6.45, 7) is 13.5. The fourth-order valence-corrected chi connectivity index (χ4v) is 4.77. The molecule has 0 aliphatic carbocycles. The molecule has 11 nitrogen and oxygen atoms in total. The van der Waals surface area contributed by atoms with E-state index < -0.39 is 5.60 Å². The molecule has 0 atom stereocenters.